The van der Waals surface area contributed by atoms with E-state index in [-0.39, 0.29) is 11.4 Å². The van der Waals surface area contributed by atoms with Gasteiger partial charge in [-0.25, -0.2) is 0 Å². The van der Waals surface area contributed by atoms with Crippen LogP contribution in [0.4, 0.5) is 0 Å². The van der Waals surface area contributed by atoms with Gasteiger partial charge in [0, 0.05) is 10.9 Å². The van der Waals surface area contributed by atoms with Crippen molar-refractivity contribution in [3.05, 3.63) is 34.3 Å². The van der Waals surface area contributed by atoms with Gasteiger partial charge in [0.15, 0.2) is 0 Å². The molecule has 1 unspecified atom stereocenters. The van der Waals surface area contributed by atoms with Crippen molar-refractivity contribution in [2.75, 3.05) is 0 Å². The molecule has 2 rings (SSSR count). The number of nitrogens with one attached hydrogen (secondary N) is 1. The van der Waals surface area contributed by atoms with Crippen molar-refractivity contribution in [3.63, 3.8) is 0 Å². The highest BCUT2D eigenvalue weighted by Gasteiger charge is 2.34. The van der Waals surface area contributed by atoms with Gasteiger partial charge in [-0.05, 0) is 31.0 Å². The van der Waals surface area contributed by atoms with Gasteiger partial charge < -0.3 is 5.32 Å². The number of amides is 1. The molecule has 0 bridgehead atoms. The molecule has 0 aromatic heterocycles. The minimum atomic E-state index is -0.169. The highest BCUT2D eigenvalue weighted by Crippen LogP contribution is 2.31. The molecule has 1 amide bonds. The molecule has 0 radical (unpaired) electrons. The monoisotopic (exact) mass is 253 g/mol. The summed E-state index contributed by atoms with van der Waals surface area (Å²) in [6.07, 6.45) is 1.51. The maximum absolute atomic E-state index is 11.2. The molecule has 0 aliphatic carbocycles. The number of hydrogen-bond donors (Lipinski definition) is 1. The van der Waals surface area contributed by atoms with Crippen LogP contribution in [0.25, 0.3) is 0 Å². The molecule has 1 saturated heterocycles. The van der Waals surface area contributed by atoms with E-state index in [0.29, 0.717) is 6.42 Å². The van der Waals surface area contributed by atoms with Crippen molar-refractivity contribution in [2.45, 2.75) is 25.3 Å². The lowest BCUT2D eigenvalue weighted by atomic mass is 9.91. The summed E-state index contributed by atoms with van der Waals surface area (Å²) in [5, 5.41) is 3.01. The summed E-state index contributed by atoms with van der Waals surface area (Å²) >= 11 is 3.40. The van der Waals surface area contributed by atoms with Gasteiger partial charge in [-0.2, -0.15) is 0 Å². The number of halogens is 1. The third-order valence-corrected chi connectivity index (χ3v) is 3.28. The van der Waals surface area contributed by atoms with Crippen molar-refractivity contribution >= 4 is 21.8 Å². The molecule has 1 aliphatic rings. The second kappa shape index (κ2) is 3.39. The standard InChI is InChI=1S/C11H12BrNO/c1-11(7-6-10(14)13-11)8-2-4-9(12)5-3-8/h2-5H,6-7H2,1H3,(H,13,14). The van der Waals surface area contributed by atoms with E-state index in [4.69, 9.17) is 0 Å². The number of rotatable bonds is 1. The van der Waals surface area contributed by atoms with Gasteiger partial charge in [-0.15, -0.1) is 0 Å². The SMILES string of the molecule is CC1(c2ccc(Br)cc2)CCC(=O)N1. The predicted molar refractivity (Wildman–Crippen MR) is 58.9 cm³/mol. The summed E-state index contributed by atoms with van der Waals surface area (Å²) < 4.78 is 1.06. The first-order chi connectivity index (χ1) is 6.60. The molecule has 0 saturated carbocycles. The molecule has 1 aliphatic heterocycles. The van der Waals surface area contributed by atoms with Crippen LogP contribution < -0.4 is 5.32 Å². The Hall–Kier alpha value is -0.830. The third kappa shape index (κ3) is 1.69. The molecule has 1 heterocycles. The zero-order valence-electron chi connectivity index (χ0n) is 8.01. The van der Waals surface area contributed by atoms with Crippen LogP contribution >= 0.6 is 15.9 Å². The van der Waals surface area contributed by atoms with Crippen LogP contribution in [-0.2, 0) is 10.3 Å². The van der Waals surface area contributed by atoms with E-state index in [1.54, 1.807) is 0 Å². The Morgan fingerprint density at radius 1 is 1.36 bits per heavy atom. The second-order valence-electron chi connectivity index (χ2n) is 3.89. The van der Waals surface area contributed by atoms with E-state index in [1.165, 1.54) is 5.56 Å². The zero-order chi connectivity index (χ0) is 10.2. The Bertz CT molecular complexity index is 360. The molecule has 1 N–H and O–H groups in total. The van der Waals surface area contributed by atoms with Gasteiger partial charge >= 0.3 is 0 Å². The fourth-order valence-corrected chi connectivity index (χ4v) is 2.09. The van der Waals surface area contributed by atoms with Crippen LogP contribution in [0.1, 0.15) is 25.3 Å². The van der Waals surface area contributed by atoms with E-state index >= 15 is 0 Å². The molecule has 1 aromatic carbocycles. The lowest BCUT2D eigenvalue weighted by Crippen LogP contribution is -2.35. The number of carbonyl (C=O) groups is 1. The molecule has 0 spiro atoms. The van der Waals surface area contributed by atoms with Crippen LogP contribution in [0.3, 0.4) is 0 Å². The predicted octanol–water partition coefficient (Wildman–Crippen LogP) is 2.57. The minimum absolute atomic E-state index is 0.149. The van der Waals surface area contributed by atoms with Gasteiger partial charge in [0.25, 0.3) is 0 Å². The molecule has 2 nitrogen and oxygen atoms in total. The minimum Gasteiger partial charge on any atom is -0.347 e. The fourth-order valence-electron chi connectivity index (χ4n) is 1.83. The maximum atomic E-state index is 11.2. The smallest absolute Gasteiger partial charge is 0.220 e. The van der Waals surface area contributed by atoms with Crippen molar-refractivity contribution in [3.8, 4) is 0 Å². The van der Waals surface area contributed by atoms with E-state index in [2.05, 4.69) is 40.3 Å². The average molecular weight is 254 g/mol. The zero-order valence-corrected chi connectivity index (χ0v) is 9.60. The van der Waals surface area contributed by atoms with Crippen molar-refractivity contribution in [1.82, 2.24) is 5.32 Å². The molecule has 14 heavy (non-hydrogen) atoms. The van der Waals surface area contributed by atoms with Crippen LogP contribution in [0.2, 0.25) is 0 Å². The third-order valence-electron chi connectivity index (χ3n) is 2.75. The van der Waals surface area contributed by atoms with Crippen molar-refractivity contribution < 1.29 is 4.79 Å². The molecule has 74 valence electrons. The largest absolute Gasteiger partial charge is 0.347 e. The Kier molecular flexibility index (Phi) is 2.35. The van der Waals surface area contributed by atoms with Crippen molar-refractivity contribution in [1.29, 1.82) is 0 Å². The molecular formula is C11H12BrNO. The molecular weight excluding hydrogens is 242 g/mol. The summed E-state index contributed by atoms with van der Waals surface area (Å²) in [5.74, 6) is 0.149. The Morgan fingerprint density at radius 2 is 2.00 bits per heavy atom. The van der Waals surface area contributed by atoms with E-state index in [1.807, 2.05) is 12.1 Å². The Labute approximate surface area is 91.8 Å². The van der Waals surface area contributed by atoms with Gasteiger partial charge in [0.1, 0.15) is 0 Å². The van der Waals surface area contributed by atoms with Crippen LogP contribution in [0, 0.1) is 0 Å². The number of benzene rings is 1. The summed E-state index contributed by atoms with van der Waals surface area (Å²) in [6, 6.07) is 8.11. The number of carbonyl (C=O) groups excluding carboxylic acids is 1. The van der Waals surface area contributed by atoms with E-state index in [9.17, 15) is 4.79 Å². The maximum Gasteiger partial charge on any atom is 0.220 e. The lowest BCUT2D eigenvalue weighted by Gasteiger charge is -2.24. The van der Waals surface area contributed by atoms with Gasteiger partial charge in [-0.3, -0.25) is 4.79 Å². The number of hydrogen-bond acceptors (Lipinski definition) is 1. The van der Waals surface area contributed by atoms with Crippen LogP contribution in [0.15, 0.2) is 28.7 Å². The summed E-state index contributed by atoms with van der Waals surface area (Å²) in [6.45, 7) is 2.07. The van der Waals surface area contributed by atoms with E-state index in [0.717, 1.165) is 10.9 Å². The van der Waals surface area contributed by atoms with Gasteiger partial charge in [0.2, 0.25) is 5.91 Å². The topological polar surface area (TPSA) is 29.1 Å². The van der Waals surface area contributed by atoms with E-state index < -0.39 is 0 Å². The normalized spacial score (nSPS) is 26.3. The summed E-state index contributed by atoms with van der Waals surface area (Å²) in [4.78, 5) is 11.2. The molecule has 1 atom stereocenters. The molecule has 1 fully saturated rings. The first-order valence-corrected chi connectivity index (χ1v) is 5.46. The van der Waals surface area contributed by atoms with Crippen LogP contribution in [-0.4, -0.2) is 5.91 Å². The average Bonchev–Trinajstić information content (AvgIpc) is 2.48. The van der Waals surface area contributed by atoms with Gasteiger partial charge in [-0.1, -0.05) is 28.1 Å². The molecule has 1 aromatic rings. The molecule has 3 heteroatoms. The van der Waals surface area contributed by atoms with Crippen molar-refractivity contribution in [2.24, 2.45) is 0 Å². The lowest BCUT2D eigenvalue weighted by molar-refractivity contribution is -0.119. The summed E-state index contributed by atoms with van der Waals surface area (Å²) in [7, 11) is 0. The highest BCUT2D eigenvalue weighted by molar-refractivity contribution is 9.10. The fraction of sp³-hybridized carbons (Fsp3) is 0.364. The first-order valence-electron chi connectivity index (χ1n) is 4.67. The highest BCUT2D eigenvalue weighted by atomic mass is 79.9. The Balaban J connectivity index is 2.30. The quantitative estimate of drug-likeness (QED) is 0.819. The van der Waals surface area contributed by atoms with Crippen LogP contribution in [0.5, 0.6) is 0 Å². The summed E-state index contributed by atoms with van der Waals surface area (Å²) in [5.41, 5.74) is 1.00. The first kappa shape index (κ1) is 9.71. The van der Waals surface area contributed by atoms with Gasteiger partial charge in [0.05, 0.1) is 5.54 Å². The Morgan fingerprint density at radius 3 is 2.50 bits per heavy atom. The second-order valence-corrected chi connectivity index (χ2v) is 4.80.